The van der Waals surface area contributed by atoms with E-state index in [1.807, 2.05) is 41.2 Å². The number of rotatable bonds is 4. The van der Waals surface area contributed by atoms with Crippen LogP contribution >= 0.6 is 0 Å². The van der Waals surface area contributed by atoms with Crippen LogP contribution in [-0.2, 0) is 13.6 Å². The number of aryl methyl sites for hydroxylation is 1. The van der Waals surface area contributed by atoms with E-state index in [9.17, 15) is 4.79 Å². The van der Waals surface area contributed by atoms with Crippen molar-refractivity contribution in [3.63, 3.8) is 0 Å². The summed E-state index contributed by atoms with van der Waals surface area (Å²) in [7, 11) is 1.79. The second-order valence-electron chi connectivity index (χ2n) is 4.67. The molecule has 0 aliphatic rings. The predicted molar refractivity (Wildman–Crippen MR) is 79.9 cm³/mol. The molecule has 0 spiro atoms. The van der Waals surface area contributed by atoms with Crippen LogP contribution in [0.15, 0.2) is 53.6 Å². The molecule has 1 aromatic carbocycles. The zero-order valence-electron chi connectivity index (χ0n) is 11.3. The predicted octanol–water partition coefficient (Wildman–Crippen LogP) is 1.85. The van der Waals surface area contributed by atoms with Crippen molar-refractivity contribution in [1.82, 2.24) is 14.3 Å². The van der Waals surface area contributed by atoms with Crippen LogP contribution in [0.3, 0.4) is 0 Å². The van der Waals surface area contributed by atoms with Gasteiger partial charge >= 0.3 is 0 Å². The van der Waals surface area contributed by atoms with Gasteiger partial charge in [0, 0.05) is 43.1 Å². The first kappa shape index (κ1) is 12.5. The topological polar surface area (TPSA) is 51.9 Å². The maximum atomic E-state index is 12.0. The first-order valence-electron chi connectivity index (χ1n) is 6.56. The number of para-hydroxylation sites is 1. The minimum Gasteiger partial charge on any atom is -0.382 e. The molecule has 20 heavy (non-hydrogen) atoms. The van der Waals surface area contributed by atoms with Gasteiger partial charge in [-0.05, 0) is 12.1 Å². The van der Waals surface area contributed by atoms with E-state index in [0.29, 0.717) is 0 Å². The lowest BCUT2D eigenvalue weighted by Gasteiger charge is -2.12. The Labute approximate surface area is 116 Å². The number of fused-ring (bicyclic) bond motifs is 1. The molecule has 0 saturated carbocycles. The molecule has 0 aliphatic heterocycles. The lowest BCUT2D eigenvalue weighted by Crippen LogP contribution is -2.18. The van der Waals surface area contributed by atoms with Crippen molar-refractivity contribution in [1.29, 1.82) is 0 Å². The van der Waals surface area contributed by atoms with Crippen molar-refractivity contribution in [3.05, 3.63) is 59.1 Å². The van der Waals surface area contributed by atoms with Crippen LogP contribution in [0.25, 0.3) is 10.9 Å². The second kappa shape index (κ2) is 5.21. The molecule has 0 bridgehead atoms. The smallest absolute Gasteiger partial charge is 0.252 e. The molecule has 102 valence electrons. The van der Waals surface area contributed by atoms with Crippen LogP contribution in [0.4, 0.5) is 5.69 Å². The minimum absolute atomic E-state index is 0.00899. The quantitative estimate of drug-likeness (QED) is 0.785. The molecule has 2 aromatic heterocycles. The van der Waals surface area contributed by atoms with Gasteiger partial charge in [0.05, 0.1) is 12.1 Å². The number of hydrogen-bond acceptors (Lipinski definition) is 3. The molecule has 0 radical (unpaired) electrons. The fourth-order valence-electron chi connectivity index (χ4n) is 2.29. The summed E-state index contributed by atoms with van der Waals surface area (Å²) in [5, 5.41) is 8.52. The zero-order valence-corrected chi connectivity index (χ0v) is 11.3. The van der Waals surface area contributed by atoms with Crippen molar-refractivity contribution in [2.75, 3.05) is 11.9 Å². The Morgan fingerprint density at radius 2 is 2.10 bits per heavy atom. The van der Waals surface area contributed by atoms with Crippen LogP contribution in [0.1, 0.15) is 0 Å². The Kier molecular flexibility index (Phi) is 3.25. The van der Waals surface area contributed by atoms with Gasteiger partial charge in [-0.25, -0.2) is 0 Å². The van der Waals surface area contributed by atoms with Crippen molar-refractivity contribution in [2.45, 2.75) is 6.54 Å². The van der Waals surface area contributed by atoms with Gasteiger partial charge in [-0.1, -0.05) is 18.2 Å². The summed E-state index contributed by atoms with van der Waals surface area (Å²) >= 11 is 0. The van der Waals surface area contributed by atoms with Crippen LogP contribution in [0.2, 0.25) is 0 Å². The number of nitrogens with zero attached hydrogens (tertiary/aromatic N) is 3. The fourth-order valence-corrected chi connectivity index (χ4v) is 2.29. The van der Waals surface area contributed by atoms with Gasteiger partial charge in [-0.2, -0.15) is 5.10 Å². The third kappa shape index (κ3) is 2.30. The largest absolute Gasteiger partial charge is 0.382 e. The number of hydrogen-bond donors (Lipinski definition) is 1. The molecule has 0 amide bonds. The normalized spacial score (nSPS) is 10.8. The molecule has 5 nitrogen and oxygen atoms in total. The van der Waals surface area contributed by atoms with Crippen molar-refractivity contribution in [2.24, 2.45) is 7.05 Å². The molecule has 3 aromatic rings. The highest BCUT2D eigenvalue weighted by Gasteiger charge is 2.05. The Morgan fingerprint density at radius 3 is 2.90 bits per heavy atom. The summed E-state index contributed by atoms with van der Waals surface area (Å²) < 4.78 is 3.52. The van der Waals surface area contributed by atoms with Gasteiger partial charge in [0.15, 0.2) is 0 Å². The van der Waals surface area contributed by atoms with Crippen LogP contribution in [-0.4, -0.2) is 20.9 Å². The molecule has 0 atom stereocenters. The molecule has 3 rings (SSSR count). The molecule has 2 heterocycles. The zero-order chi connectivity index (χ0) is 13.9. The lowest BCUT2D eigenvalue weighted by atomic mass is 10.2. The third-order valence-electron chi connectivity index (χ3n) is 3.37. The Balaban J connectivity index is 1.87. The minimum atomic E-state index is -0.00899. The monoisotopic (exact) mass is 268 g/mol. The standard InChI is InChI=1S/C15H16N4O/c1-18-14-6-3-2-5-12(14)13(11-15(18)20)16-8-10-19-9-4-7-17-19/h2-7,9,11,16H,8,10H2,1H3. The van der Waals surface area contributed by atoms with E-state index in [1.54, 1.807) is 23.9 Å². The number of benzene rings is 1. The highest BCUT2D eigenvalue weighted by molar-refractivity contribution is 5.91. The second-order valence-corrected chi connectivity index (χ2v) is 4.67. The summed E-state index contributed by atoms with van der Waals surface area (Å²) in [6.45, 7) is 1.48. The summed E-state index contributed by atoms with van der Waals surface area (Å²) in [6, 6.07) is 11.4. The van der Waals surface area contributed by atoms with Gasteiger partial charge in [-0.15, -0.1) is 0 Å². The van der Waals surface area contributed by atoms with Crippen LogP contribution in [0.5, 0.6) is 0 Å². The van der Waals surface area contributed by atoms with E-state index in [0.717, 1.165) is 29.7 Å². The van der Waals surface area contributed by atoms with E-state index < -0.39 is 0 Å². The summed E-state index contributed by atoms with van der Waals surface area (Å²) in [5.74, 6) is 0. The molecular weight excluding hydrogens is 252 g/mol. The first-order valence-corrected chi connectivity index (χ1v) is 6.56. The number of pyridine rings is 1. The number of aromatic nitrogens is 3. The van der Waals surface area contributed by atoms with Gasteiger partial charge in [0.2, 0.25) is 0 Å². The summed E-state index contributed by atoms with van der Waals surface area (Å²) in [4.78, 5) is 12.0. The maximum absolute atomic E-state index is 12.0. The van der Waals surface area contributed by atoms with E-state index in [2.05, 4.69) is 10.4 Å². The molecule has 0 unspecified atom stereocenters. The number of nitrogens with one attached hydrogen (secondary N) is 1. The third-order valence-corrected chi connectivity index (χ3v) is 3.37. The van der Waals surface area contributed by atoms with Gasteiger partial charge in [0.1, 0.15) is 0 Å². The van der Waals surface area contributed by atoms with E-state index in [4.69, 9.17) is 0 Å². The van der Waals surface area contributed by atoms with Crippen molar-refractivity contribution in [3.8, 4) is 0 Å². The van der Waals surface area contributed by atoms with Crippen molar-refractivity contribution >= 4 is 16.6 Å². The molecule has 0 saturated heterocycles. The van der Waals surface area contributed by atoms with Gasteiger partial charge in [0.25, 0.3) is 5.56 Å². The van der Waals surface area contributed by atoms with E-state index >= 15 is 0 Å². The van der Waals surface area contributed by atoms with E-state index in [-0.39, 0.29) is 5.56 Å². The SMILES string of the molecule is Cn1c(=O)cc(NCCn2cccn2)c2ccccc21. The highest BCUT2D eigenvalue weighted by atomic mass is 16.1. The Hall–Kier alpha value is -2.56. The molecule has 1 N–H and O–H groups in total. The molecule has 5 heteroatoms. The molecular formula is C15H16N4O. The van der Waals surface area contributed by atoms with Gasteiger partial charge < -0.3 is 9.88 Å². The average molecular weight is 268 g/mol. The lowest BCUT2D eigenvalue weighted by molar-refractivity contribution is 0.638. The Morgan fingerprint density at radius 1 is 1.25 bits per heavy atom. The van der Waals surface area contributed by atoms with Crippen molar-refractivity contribution < 1.29 is 0 Å². The molecule has 0 aliphatic carbocycles. The highest BCUT2D eigenvalue weighted by Crippen LogP contribution is 2.20. The van der Waals surface area contributed by atoms with Crippen LogP contribution < -0.4 is 10.9 Å². The summed E-state index contributed by atoms with van der Waals surface area (Å²) in [6.07, 6.45) is 3.68. The fraction of sp³-hybridized carbons (Fsp3) is 0.200. The Bertz CT molecular complexity index is 774. The van der Waals surface area contributed by atoms with Gasteiger partial charge in [-0.3, -0.25) is 9.48 Å². The average Bonchev–Trinajstić information content (AvgIpc) is 2.97. The number of anilines is 1. The van der Waals surface area contributed by atoms with Crippen LogP contribution in [0, 0.1) is 0 Å². The van der Waals surface area contributed by atoms with E-state index in [1.165, 1.54) is 0 Å². The summed E-state index contributed by atoms with van der Waals surface area (Å²) in [5.41, 5.74) is 1.79. The molecule has 0 fully saturated rings. The first-order chi connectivity index (χ1) is 9.75. The maximum Gasteiger partial charge on any atom is 0.252 e.